The molecule has 0 saturated carbocycles. The number of hydrogen-bond donors (Lipinski definition) is 10. The van der Waals surface area contributed by atoms with Crippen molar-refractivity contribution < 1.29 is 38.0 Å². The van der Waals surface area contributed by atoms with E-state index in [0.29, 0.717) is 97.5 Å². The molecular weight excluding hydrogens is 1840 g/mol. The largest absolute Gasteiger partial charge is 0.491 e. The fourth-order valence-electron chi connectivity index (χ4n) is 11.8. The summed E-state index contributed by atoms with van der Waals surface area (Å²) in [7, 11) is 2.83. The molecule has 12 heterocycles. The Morgan fingerprint density at radius 1 is 0.617 bits per heavy atom. The number of anilines is 7. The number of pyridine rings is 2. The molecule has 4 atom stereocenters. The van der Waals surface area contributed by atoms with Crippen molar-refractivity contribution in [2.75, 3.05) is 91.7 Å². The fourth-order valence-corrected chi connectivity index (χ4v) is 12.9. The Morgan fingerprint density at radius 2 is 1.12 bits per heavy atom. The highest BCUT2D eigenvalue weighted by molar-refractivity contribution is 9.11. The minimum Gasteiger partial charge on any atom is -0.470 e. The van der Waals surface area contributed by atoms with E-state index in [0.717, 1.165) is 117 Å². The lowest BCUT2D eigenvalue weighted by Crippen LogP contribution is -2.46. The molecule has 0 spiro atoms. The van der Waals surface area contributed by atoms with Crippen molar-refractivity contribution in [1.29, 1.82) is 0 Å². The van der Waals surface area contributed by atoms with Gasteiger partial charge in [0.15, 0.2) is 29.1 Å². The molecule has 120 heavy (non-hydrogen) atoms. The second-order valence-electron chi connectivity index (χ2n) is 28.4. The number of likely N-dealkylation sites (tertiary alicyclic amines) is 1. The highest BCUT2D eigenvalue weighted by atomic mass is 79.9. The van der Waals surface area contributed by atoms with E-state index in [9.17, 15) is 28.8 Å². The van der Waals surface area contributed by atoms with Gasteiger partial charge in [0, 0.05) is 62.8 Å². The number of piperidine rings is 2. The molecule has 33 nitrogen and oxygen atoms in total. The number of hydrogen-bond acceptors (Lipinski definition) is 29. The number of amides is 2. The van der Waals surface area contributed by atoms with Gasteiger partial charge in [-0.15, -0.1) is 0 Å². The number of nitrogen functional groups attached to an aromatic ring is 5. The average Bonchev–Trinajstić information content (AvgIpc) is 1.62. The van der Waals surface area contributed by atoms with Gasteiger partial charge in [0.25, 0.3) is 37.7 Å². The molecule has 0 bridgehead atoms. The highest BCUT2D eigenvalue weighted by Gasteiger charge is 2.52. The number of benzene rings is 2. The molecule has 42 heteroatoms. The Kier molecular flexibility index (Phi) is 38.6. The lowest BCUT2D eigenvalue weighted by molar-refractivity contribution is -0.121. The zero-order valence-corrected chi connectivity index (χ0v) is 74.7. The zero-order valence-electron chi connectivity index (χ0n) is 66.8. The maximum absolute atomic E-state index is 12.5. The van der Waals surface area contributed by atoms with Crippen molar-refractivity contribution in [3.05, 3.63) is 219 Å². The SMILES string of the molecule is CC(Br)C(=O)Nc1ccc(Cl)cn1.CC1(C)OB(C2=CCCN([B]C=O)C2)OC1(C)C.C[C@@H](C(=O)Nc1ccc(Cl)cn1)N1CCC[C@@H](c2c[nH]c(=O)c(N)n2)C1.Nc1nc(Br)cnc1Br.Nc1nc(Br)cnc1OCc1ccccc1.Nc1nc(C2=CCCN([B]C=O)C2)cnc1OCc1ccccc1.Nc1nc(C2CCCNC2)c[nH]c1=O. The van der Waals surface area contributed by atoms with Gasteiger partial charge in [-0.3, -0.25) is 24.1 Å². The Morgan fingerprint density at radius 3 is 1.60 bits per heavy atom. The monoisotopic (exact) mass is 1930 g/mol. The molecule has 0 aliphatic carbocycles. The number of nitrogens with two attached hydrogens (primary N) is 5. The predicted molar refractivity (Wildman–Crippen MR) is 484 cm³/mol. The van der Waals surface area contributed by atoms with E-state index in [1.807, 2.05) is 105 Å². The number of rotatable bonds is 19. The van der Waals surface area contributed by atoms with Gasteiger partial charge in [0.1, 0.15) is 38.7 Å². The number of aromatic amines is 2. The summed E-state index contributed by atoms with van der Waals surface area (Å²) in [4.78, 5) is 119. The maximum Gasteiger partial charge on any atom is 0.491 e. The molecular formula is C78H94B3Br4Cl2N23O10. The van der Waals surface area contributed by atoms with Gasteiger partial charge in [-0.25, -0.2) is 49.8 Å². The Bertz CT molecular complexity index is 4990. The maximum atomic E-state index is 12.5. The molecule has 5 aliphatic heterocycles. The van der Waals surface area contributed by atoms with E-state index in [1.54, 1.807) is 77.0 Å². The summed E-state index contributed by atoms with van der Waals surface area (Å²) in [6.45, 7) is 19.1. The first-order valence-electron chi connectivity index (χ1n) is 38.0. The molecule has 15 N–H and O–H groups in total. The van der Waals surface area contributed by atoms with Crippen molar-refractivity contribution in [2.45, 2.75) is 127 Å². The van der Waals surface area contributed by atoms with Crippen molar-refractivity contribution in [2.24, 2.45) is 0 Å². The van der Waals surface area contributed by atoms with Crippen LogP contribution in [0.4, 0.5) is 40.7 Å². The van der Waals surface area contributed by atoms with Crippen molar-refractivity contribution in [3.63, 3.8) is 0 Å². The van der Waals surface area contributed by atoms with Gasteiger partial charge >= 0.3 is 7.12 Å². The van der Waals surface area contributed by atoms with Crippen LogP contribution < -0.4 is 65.2 Å². The minimum absolute atomic E-state index is 0.0285. The number of alkyl halides is 1. The standard InChI is InChI=1S/C17H18BN4O2.C17H21ClN6O2.C12H20B2NO3.C11H10BrN3O.C9H14N4O.C8H8BrClN2O.C4H3Br2N3/c19-16-17(24-11-13-5-2-1-3-6-13)20-9-15(21-16)14-7-4-8-22(10-14)18-12-23;1-10(16(25)23-14-5-4-12(18)7-20-14)24-6-2-3-11(9-24)13-8-21-17(26)15(19)22-13;1-11(2)12(3,4)18-14(17-11)10-6-5-7-15(8-10)13-9-16;12-9-6-14-11(10(13)15-9)16-7-8-4-2-1-3-5-8;10-8-9(14)12-5-7(13-8)6-2-1-3-11-4-6;1-5(9)8(13)12-7-3-2-6(10)4-11-7;5-2-1-8-3(6)4(7)9-2/h1-3,5-7,9,12H,4,8,10-11H2,(H2,19,21);4-5,7-8,10-11H,2-3,6,9H2,1H3,(H2,19,22)(H,21,26)(H,20,23,25);6,9H,5,7-8H2,1-4H3;1-6H,7H2,(H2,13,15);5-6,11H,1-4H2,(H2,10,13)(H,12,14);2-5H,1H3,(H,11,12,13);1H,(H2,7,9)/t;10-,11+;;;;;/m.0...../s1. The van der Waals surface area contributed by atoms with Crippen LogP contribution in [0.25, 0.3) is 5.57 Å². The minimum atomic E-state index is -0.385. The zero-order chi connectivity index (χ0) is 86.9. The van der Waals surface area contributed by atoms with E-state index in [4.69, 9.17) is 70.7 Å². The van der Waals surface area contributed by atoms with E-state index in [1.165, 1.54) is 12.4 Å². The number of halogens is 6. The summed E-state index contributed by atoms with van der Waals surface area (Å²) >= 11 is 24.0. The summed E-state index contributed by atoms with van der Waals surface area (Å²) in [5.41, 5.74) is 33.3. The topological polar surface area (TPSA) is 476 Å². The van der Waals surface area contributed by atoms with Gasteiger partial charge in [0.05, 0.1) is 80.2 Å². The third kappa shape index (κ3) is 31.2. The first-order chi connectivity index (χ1) is 57.4. The van der Waals surface area contributed by atoms with Gasteiger partial charge in [-0.1, -0.05) is 112 Å². The number of aromatic nitrogens is 12. The number of nitrogens with zero attached hydrogens (tertiary/aromatic N) is 13. The molecule has 9 aromatic rings. The molecule has 14 rings (SSSR count). The molecule has 3 fully saturated rings. The van der Waals surface area contributed by atoms with Crippen LogP contribution in [0.5, 0.6) is 11.8 Å². The quantitative estimate of drug-likeness (QED) is 0.0204. The third-order valence-corrected chi connectivity index (χ3v) is 21.2. The Balaban J connectivity index is 0.000000178. The first kappa shape index (κ1) is 96.0. The van der Waals surface area contributed by atoms with Crippen molar-refractivity contribution in [3.8, 4) is 11.8 Å². The first-order valence-corrected chi connectivity index (χ1v) is 42.0. The van der Waals surface area contributed by atoms with Crippen LogP contribution in [0.15, 0.2) is 169 Å². The van der Waals surface area contributed by atoms with Gasteiger partial charge in [0.2, 0.25) is 11.8 Å². The number of ether oxygens (including phenoxy) is 2. The van der Waals surface area contributed by atoms with Crippen LogP contribution in [-0.4, -0.2) is 195 Å². The van der Waals surface area contributed by atoms with Crippen LogP contribution in [0, 0.1) is 0 Å². The van der Waals surface area contributed by atoms with Crippen LogP contribution >= 0.6 is 86.9 Å². The van der Waals surface area contributed by atoms with E-state index in [2.05, 4.69) is 157 Å². The van der Waals surface area contributed by atoms with Crippen LogP contribution in [0.1, 0.15) is 120 Å². The lowest BCUT2D eigenvalue weighted by atomic mass is 9.74. The highest BCUT2D eigenvalue weighted by Crippen LogP contribution is 2.39. The molecule has 2 amide bonds. The fraction of sp³-hybridized carbons (Fsp3) is 0.359. The van der Waals surface area contributed by atoms with Crippen molar-refractivity contribution in [1.82, 2.24) is 79.6 Å². The van der Waals surface area contributed by atoms with E-state index in [-0.39, 0.29) is 81.3 Å². The van der Waals surface area contributed by atoms with Gasteiger partial charge in [-0.05, 0) is 200 Å². The van der Waals surface area contributed by atoms with Crippen LogP contribution in [0.3, 0.4) is 0 Å². The molecule has 632 valence electrons. The number of carbonyl (C=O) groups excluding carboxylic acids is 4. The molecule has 2 radical (unpaired) electrons. The van der Waals surface area contributed by atoms with Gasteiger partial charge < -0.3 is 92.6 Å². The summed E-state index contributed by atoms with van der Waals surface area (Å²) in [6, 6.07) is 26.0. The Labute approximate surface area is 740 Å². The summed E-state index contributed by atoms with van der Waals surface area (Å²) in [5.74, 6) is 2.86. The second-order valence-corrected chi connectivity index (χ2v) is 33.0. The Hall–Kier alpha value is -9.45. The predicted octanol–water partition coefficient (Wildman–Crippen LogP) is 10.5. The number of carbonyl (C=O) groups is 4. The van der Waals surface area contributed by atoms with Crippen molar-refractivity contribution >= 4 is 179 Å². The third-order valence-electron chi connectivity index (χ3n) is 19.0. The molecule has 2 aromatic carbocycles. The average molecular weight is 1940 g/mol. The van der Waals surface area contributed by atoms with Crippen LogP contribution in [0.2, 0.25) is 10.0 Å². The number of H-pyrrole nitrogens is 2. The normalized spacial score (nSPS) is 17.1. The smallest absolute Gasteiger partial charge is 0.470 e. The van der Waals surface area contributed by atoms with Crippen LogP contribution in [-0.2, 0) is 41.7 Å². The molecule has 7 aromatic heterocycles. The molecule has 3 saturated heterocycles. The van der Waals surface area contributed by atoms with E-state index >= 15 is 0 Å². The molecule has 5 aliphatic rings. The summed E-state index contributed by atoms with van der Waals surface area (Å²) < 4.78 is 24.9. The van der Waals surface area contributed by atoms with E-state index < -0.39 is 0 Å². The lowest BCUT2D eigenvalue weighted by Gasteiger charge is -2.35. The second kappa shape index (κ2) is 48.3. The van der Waals surface area contributed by atoms with Gasteiger partial charge in [-0.2, -0.15) is 0 Å². The summed E-state index contributed by atoms with van der Waals surface area (Å²) in [5, 5.41) is 9.77. The summed E-state index contributed by atoms with van der Waals surface area (Å²) in [6.07, 6.45) is 22.8. The number of nitrogens with one attached hydrogen (secondary N) is 5. The molecule has 2 unspecified atom stereocenters.